The lowest BCUT2D eigenvalue weighted by Crippen LogP contribution is -2.25. The van der Waals surface area contributed by atoms with Gasteiger partial charge >= 0.3 is 0 Å². The third-order valence-electron chi connectivity index (χ3n) is 5.44. The molecule has 4 heteroatoms. The van der Waals surface area contributed by atoms with Crippen molar-refractivity contribution < 1.29 is 13.9 Å². The zero-order valence-corrected chi connectivity index (χ0v) is 17.9. The molecule has 29 heavy (non-hydrogen) atoms. The van der Waals surface area contributed by atoms with Crippen LogP contribution in [0.15, 0.2) is 63.6 Å². The smallest absolute Gasteiger partial charge is 0.135 e. The summed E-state index contributed by atoms with van der Waals surface area (Å²) < 4.78 is 11.7. The zero-order chi connectivity index (χ0) is 20.7. The average Bonchev–Trinajstić information content (AvgIpc) is 3.36. The molecule has 0 amide bonds. The molecule has 1 aromatic carbocycles. The molecule has 3 aromatic rings. The molecule has 0 spiro atoms. The lowest BCUT2D eigenvalue weighted by atomic mass is 9.90. The molecule has 2 aromatic heterocycles. The standard InChI is InChI=1S/C25H33NO3/c1-4-14-25(27,15-5-2)24-13-12-23(29-24)19-26(18-22-11-8-16-28-22)17-21-10-7-6-9-20(21)3/h6-13,16,27H,4-5,14-15,17-19H2,1-3H3. The predicted molar refractivity (Wildman–Crippen MR) is 115 cm³/mol. The van der Waals surface area contributed by atoms with Crippen molar-refractivity contribution in [2.75, 3.05) is 0 Å². The number of hydrogen-bond acceptors (Lipinski definition) is 4. The van der Waals surface area contributed by atoms with E-state index in [-0.39, 0.29) is 0 Å². The Morgan fingerprint density at radius 2 is 1.59 bits per heavy atom. The molecule has 0 atom stereocenters. The van der Waals surface area contributed by atoms with Crippen molar-refractivity contribution in [3.05, 3.63) is 83.2 Å². The summed E-state index contributed by atoms with van der Waals surface area (Å²) in [6, 6.07) is 16.3. The summed E-state index contributed by atoms with van der Waals surface area (Å²) in [6.07, 6.45) is 4.98. The van der Waals surface area contributed by atoms with Gasteiger partial charge in [0.1, 0.15) is 22.9 Å². The first-order valence-electron chi connectivity index (χ1n) is 10.6. The van der Waals surface area contributed by atoms with Crippen LogP contribution in [0.2, 0.25) is 0 Å². The van der Waals surface area contributed by atoms with Crippen LogP contribution in [-0.4, -0.2) is 10.0 Å². The Morgan fingerprint density at radius 1 is 0.862 bits per heavy atom. The second-order valence-corrected chi connectivity index (χ2v) is 7.95. The Balaban J connectivity index is 1.78. The molecule has 3 rings (SSSR count). The first-order chi connectivity index (χ1) is 14.0. The maximum Gasteiger partial charge on any atom is 0.135 e. The van der Waals surface area contributed by atoms with Crippen molar-refractivity contribution in [3.8, 4) is 0 Å². The second kappa shape index (κ2) is 9.95. The van der Waals surface area contributed by atoms with E-state index < -0.39 is 5.60 Å². The van der Waals surface area contributed by atoms with E-state index in [4.69, 9.17) is 8.83 Å². The van der Waals surface area contributed by atoms with Gasteiger partial charge in [-0.1, -0.05) is 51.0 Å². The highest BCUT2D eigenvalue weighted by atomic mass is 16.4. The quantitative estimate of drug-likeness (QED) is 0.422. The number of aliphatic hydroxyl groups is 1. The highest BCUT2D eigenvalue weighted by Crippen LogP contribution is 2.33. The largest absolute Gasteiger partial charge is 0.468 e. The van der Waals surface area contributed by atoms with Crippen LogP contribution in [0, 0.1) is 6.92 Å². The summed E-state index contributed by atoms with van der Waals surface area (Å²) in [5.41, 5.74) is 1.69. The maximum atomic E-state index is 11.1. The molecule has 0 radical (unpaired) electrons. The Hall–Kier alpha value is -2.30. The van der Waals surface area contributed by atoms with Crippen molar-refractivity contribution >= 4 is 0 Å². The van der Waals surface area contributed by atoms with Crippen LogP contribution in [-0.2, 0) is 25.2 Å². The maximum absolute atomic E-state index is 11.1. The number of hydrogen-bond donors (Lipinski definition) is 1. The van der Waals surface area contributed by atoms with E-state index in [1.807, 2.05) is 24.3 Å². The topological polar surface area (TPSA) is 49.8 Å². The first-order valence-corrected chi connectivity index (χ1v) is 10.6. The van der Waals surface area contributed by atoms with Gasteiger partial charge in [0.2, 0.25) is 0 Å². The van der Waals surface area contributed by atoms with Crippen LogP contribution >= 0.6 is 0 Å². The highest BCUT2D eigenvalue weighted by Gasteiger charge is 2.31. The molecule has 0 aliphatic carbocycles. The van der Waals surface area contributed by atoms with E-state index >= 15 is 0 Å². The van der Waals surface area contributed by atoms with E-state index in [9.17, 15) is 5.11 Å². The van der Waals surface area contributed by atoms with Crippen molar-refractivity contribution in [2.24, 2.45) is 0 Å². The number of benzene rings is 1. The predicted octanol–water partition coefficient (Wildman–Crippen LogP) is 6.17. The van der Waals surface area contributed by atoms with Gasteiger partial charge in [-0.2, -0.15) is 0 Å². The van der Waals surface area contributed by atoms with Gasteiger partial charge in [-0.05, 0) is 55.2 Å². The van der Waals surface area contributed by atoms with Gasteiger partial charge in [0.15, 0.2) is 0 Å². The normalized spacial score (nSPS) is 12.0. The summed E-state index contributed by atoms with van der Waals surface area (Å²) >= 11 is 0. The van der Waals surface area contributed by atoms with Gasteiger partial charge in [0.05, 0.1) is 19.4 Å². The van der Waals surface area contributed by atoms with Gasteiger partial charge in [-0.3, -0.25) is 4.90 Å². The number of aryl methyl sites for hydroxylation is 1. The fraction of sp³-hybridized carbons (Fsp3) is 0.440. The number of furan rings is 2. The Labute approximate surface area is 174 Å². The van der Waals surface area contributed by atoms with Crippen LogP contribution in [0.5, 0.6) is 0 Å². The fourth-order valence-electron chi connectivity index (χ4n) is 3.95. The molecule has 0 fully saturated rings. The molecule has 4 nitrogen and oxygen atoms in total. The molecule has 156 valence electrons. The molecule has 0 unspecified atom stereocenters. The van der Waals surface area contributed by atoms with Crippen LogP contribution in [0.3, 0.4) is 0 Å². The molecule has 0 aliphatic heterocycles. The van der Waals surface area contributed by atoms with Crippen molar-refractivity contribution in [1.29, 1.82) is 0 Å². The Morgan fingerprint density at radius 3 is 2.24 bits per heavy atom. The summed E-state index contributed by atoms with van der Waals surface area (Å²) in [5.74, 6) is 2.48. The van der Waals surface area contributed by atoms with Gasteiger partial charge < -0.3 is 13.9 Å². The van der Waals surface area contributed by atoms with Crippen LogP contribution in [0.1, 0.15) is 67.9 Å². The molecule has 0 aliphatic rings. The summed E-state index contributed by atoms with van der Waals surface area (Å²) in [7, 11) is 0. The van der Waals surface area contributed by atoms with E-state index in [0.717, 1.165) is 30.9 Å². The molecular weight excluding hydrogens is 362 g/mol. The average molecular weight is 396 g/mol. The third-order valence-corrected chi connectivity index (χ3v) is 5.44. The van der Waals surface area contributed by atoms with Crippen molar-refractivity contribution in [2.45, 2.75) is 71.7 Å². The molecule has 2 heterocycles. The first kappa shape index (κ1) is 21.4. The lowest BCUT2D eigenvalue weighted by Gasteiger charge is -2.25. The third kappa shape index (κ3) is 5.62. The minimum absolute atomic E-state index is 0.656. The summed E-state index contributed by atoms with van der Waals surface area (Å²) in [4.78, 5) is 2.31. The highest BCUT2D eigenvalue weighted by molar-refractivity contribution is 5.25. The van der Waals surface area contributed by atoms with E-state index in [1.165, 1.54) is 11.1 Å². The lowest BCUT2D eigenvalue weighted by molar-refractivity contribution is -0.00529. The molecule has 0 saturated carbocycles. The minimum Gasteiger partial charge on any atom is -0.468 e. The molecular formula is C25H33NO3. The van der Waals surface area contributed by atoms with E-state index in [1.54, 1.807) is 6.26 Å². The van der Waals surface area contributed by atoms with Gasteiger partial charge in [0.25, 0.3) is 0 Å². The number of rotatable bonds is 11. The van der Waals surface area contributed by atoms with Crippen LogP contribution in [0.25, 0.3) is 0 Å². The fourth-order valence-corrected chi connectivity index (χ4v) is 3.95. The summed E-state index contributed by atoms with van der Waals surface area (Å²) in [6.45, 7) is 8.49. The number of nitrogens with zero attached hydrogens (tertiary/aromatic N) is 1. The van der Waals surface area contributed by atoms with Crippen molar-refractivity contribution in [3.63, 3.8) is 0 Å². The monoisotopic (exact) mass is 395 g/mol. The van der Waals surface area contributed by atoms with Crippen LogP contribution < -0.4 is 0 Å². The Bertz CT molecular complexity index is 860. The molecule has 0 bridgehead atoms. The minimum atomic E-state index is -0.871. The van der Waals surface area contributed by atoms with E-state index in [2.05, 4.69) is 49.9 Å². The van der Waals surface area contributed by atoms with Gasteiger partial charge in [-0.15, -0.1) is 0 Å². The van der Waals surface area contributed by atoms with Crippen molar-refractivity contribution in [1.82, 2.24) is 4.90 Å². The van der Waals surface area contributed by atoms with Gasteiger partial charge in [0, 0.05) is 6.54 Å². The van der Waals surface area contributed by atoms with Gasteiger partial charge in [-0.25, -0.2) is 0 Å². The van der Waals surface area contributed by atoms with Crippen LogP contribution in [0.4, 0.5) is 0 Å². The SMILES string of the molecule is CCCC(O)(CCC)c1ccc(CN(Cc2ccco2)Cc2ccccc2C)o1. The molecule has 0 saturated heterocycles. The molecule has 1 N–H and O–H groups in total. The summed E-state index contributed by atoms with van der Waals surface area (Å²) in [5, 5.41) is 11.1. The van der Waals surface area contributed by atoms with E-state index in [0.29, 0.717) is 31.7 Å². The Kier molecular flexibility index (Phi) is 7.34. The zero-order valence-electron chi connectivity index (χ0n) is 17.9. The second-order valence-electron chi connectivity index (χ2n) is 7.95.